The highest BCUT2D eigenvalue weighted by atomic mass is 19.4. The number of hydrogen-bond acceptors (Lipinski definition) is 5. The summed E-state index contributed by atoms with van der Waals surface area (Å²) in [6, 6.07) is 14.0. The number of carboxylic acids is 1. The van der Waals surface area contributed by atoms with Crippen molar-refractivity contribution in [1.29, 1.82) is 0 Å². The first-order valence-electron chi connectivity index (χ1n) is 12.7. The Kier molecular flexibility index (Phi) is 9.94. The van der Waals surface area contributed by atoms with Gasteiger partial charge >= 0.3 is 12.1 Å². The molecule has 3 rings (SSSR count). The monoisotopic (exact) mass is 563 g/mol. The number of alkyl halides is 3. The summed E-state index contributed by atoms with van der Waals surface area (Å²) >= 11 is 0. The van der Waals surface area contributed by atoms with E-state index in [0.29, 0.717) is 23.6 Å². The SMILES string of the molecule is Cc1ccc(CC(C)(C)NC[C@@H](O)CO[C@H](C)c2ccccc2Oc2ccc(C(=O)O)cc2C(F)(F)F)cc1F. The molecule has 0 radical (unpaired) electrons. The molecular weight excluding hydrogens is 530 g/mol. The molecule has 0 heterocycles. The lowest BCUT2D eigenvalue weighted by molar-refractivity contribution is -0.138. The largest absolute Gasteiger partial charge is 0.478 e. The third-order valence-corrected chi connectivity index (χ3v) is 6.35. The molecule has 0 aliphatic rings. The van der Waals surface area contributed by atoms with Gasteiger partial charge in [0.05, 0.1) is 29.9 Å². The van der Waals surface area contributed by atoms with Gasteiger partial charge in [0.25, 0.3) is 0 Å². The maximum atomic E-state index is 13.9. The Morgan fingerprint density at radius 3 is 2.38 bits per heavy atom. The molecule has 6 nitrogen and oxygen atoms in total. The standard InChI is InChI=1S/C30H33F4NO5/c1-18-9-10-20(13-25(18)31)15-29(3,4)35-16-22(36)17-39-19(2)23-7-5-6-8-26(23)40-27-12-11-21(28(37)38)14-24(27)30(32,33)34/h5-14,19,22,35-36H,15-17H2,1-4H3,(H,37,38)/t19-,22-/m1/s1. The van der Waals surface area contributed by atoms with Crippen LogP contribution in [0.1, 0.15) is 59.5 Å². The van der Waals surface area contributed by atoms with E-state index in [2.05, 4.69) is 5.32 Å². The molecule has 0 fully saturated rings. The number of rotatable bonds is 12. The Morgan fingerprint density at radius 2 is 1.73 bits per heavy atom. The summed E-state index contributed by atoms with van der Waals surface area (Å²) < 4.78 is 66.2. The van der Waals surface area contributed by atoms with Crippen LogP contribution in [0.25, 0.3) is 0 Å². The van der Waals surface area contributed by atoms with Gasteiger partial charge in [-0.15, -0.1) is 0 Å². The van der Waals surface area contributed by atoms with E-state index >= 15 is 0 Å². The molecule has 10 heteroatoms. The fraction of sp³-hybridized carbons (Fsp3) is 0.367. The van der Waals surface area contributed by atoms with E-state index in [1.54, 1.807) is 38.1 Å². The molecule has 3 aromatic rings. The first-order chi connectivity index (χ1) is 18.7. The number of aliphatic hydroxyl groups excluding tert-OH is 1. The minimum atomic E-state index is -4.84. The summed E-state index contributed by atoms with van der Waals surface area (Å²) in [6.45, 7) is 7.37. The van der Waals surface area contributed by atoms with E-state index in [4.69, 9.17) is 14.6 Å². The van der Waals surface area contributed by atoms with Gasteiger partial charge < -0.3 is 25.0 Å². The molecule has 2 atom stereocenters. The molecular formula is C30H33F4NO5. The summed E-state index contributed by atoms with van der Waals surface area (Å²) in [5, 5.41) is 22.8. The van der Waals surface area contributed by atoms with E-state index in [9.17, 15) is 27.5 Å². The molecule has 0 saturated heterocycles. The van der Waals surface area contributed by atoms with Crippen LogP contribution in [0.4, 0.5) is 17.6 Å². The number of carbonyl (C=O) groups is 1. The van der Waals surface area contributed by atoms with Crippen LogP contribution < -0.4 is 10.1 Å². The highest BCUT2D eigenvalue weighted by molar-refractivity contribution is 5.88. The Labute approximate surface area is 230 Å². The average molecular weight is 564 g/mol. The van der Waals surface area contributed by atoms with E-state index in [0.717, 1.165) is 17.7 Å². The van der Waals surface area contributed by atoms with Crippen molar-refractivity contribution in [3.05, 3.63) is 94.3 Å². The van der Waals surface area contributed by atoms with Crippen molar-refractivity contribution >= 4 is 5.97 Å². The number of carboxylic acid groups (broad SMARTS) is 1. The molecule has 0 aliphatic heterocycles. The summed E-state index contributed by atoms with van der Waals surface area (Å²) in [4.78, 5) is 11.2. The predicted octanol–water partition coefficient (Wildman–Crippen LogP) is 6.69. The summed E-state index contributed by atoms with van der Waals surface area (Å²) in [5.74, 6) is -2.20. The van der Waals surface area contributed by atoms with Gasteiger partial charge in [-0.3, -0.25) is 0 Å². The second kappa shape index (κ2) is 12.8. The maximum Gasteiger partial charge on any atom is 0.420 e. The van der Waals surface area contributed by atoms with Crippen LogP contribution in [0, 0.1) is 12.7 Å². The maximum absolute atomic E-state index is 13.9. The van der Waals surface area contributed by atoms with Gasteiger partial charge in [-0.05, 0) is 75.6 Å². The molecule has 0 amide bonds. The Bertz CT molecular complexity index is 1330. The lowest BCUT2D eigenvalue weighted by Gasteiger charge is -2.28. The number of aryl methyl sites for hydroxylation is 1. The number of nitrogens with one attached hydrogen (secondary N) is 1. The number of aliphatic hydroxyl groups is 1. The van der Waals surface area contributed by atoms with Gasteiger partial charge in [-0.1, -0.05) is 30.3 Å². The van der Waals surface area contributed by atoms with Gasteiger partial charge in [0.1, 0.15) is 17.3 Å². The minimum Gasteiger partial charge on any atom is -0.478 e. The first-order valence-corrected chi connectivity index (χ1v) is 12.7. The number of hydrogen-bond donors (Lipinski definition) is 3. The molecule has 3 N–H and O–H groups in total. The van der Waals surface area contributed by atoms with Crippen molar-refractivity contribution in [2.45, 2.75) is 58.0 Å². The molecule has 0 aromatic heterocycles. The molecule has 3 aromatic carbocycles. The highest BCUT2D eigenvalue weighted by Gasteiger charge is 2.35. The number of benzene rings is 3. The Morgan fingerprint density at radius 1 is 1.02 bits per heavy atom. The van der Waals surface area contributed by atoms with Crippen LogP contribution in [0.3, 0.4) is 0 Å². The first kappa shape index (κ1) is 31.1. The number of halogens is 4. The number of aromatic carboxylic acids is 1. The van der Waals surface area contributed by atoms with Crippen LogP contribution in [0.5, 0.6) is 11.5 Å². The summed E-state index contributed by atoms with van der Waals surface area (Å²) in [6.07, 6.45) is -5.85. The number of ether oxygens (including phenoxy) is 2. The highest BCUT2D eigenvalue weighted by Crippen LogP contribution is 2.40. The van der Waals surface area contributed by atoms with Crippen molar-refractivity contribution in [3.8, 4) is 11.5 Å². The van der Waals surface area contributed by atoms with Crippen molar-refractivity contribution in [2.75, 3.05) is 13.2 Å². The topological polar surface area (TPSA) is 88.0 Å². The van der Waals surface area contributed by atoms with E-state index in [1.165, 1.54) is 12.1 Å². The molecule has 216 valence electrons. The van der Waals surface area contributed by atoms with Crippen LogP contribution in [0.15, 0.2) is 60.7 Å². The molecule has 0 unspecified atom stereocenters. The Hall–Kier alpha value is -3.47. The number of para-hydroxylation sites is 1. The lowest BCUT2D eigenvalue weighted by Crippen LogP contribution is -2.46. The quantitative estimate of drug-likeness (QED) is 0.213. The van der Waals surface area contributed by atoms with Crippen molar-refractivity contribution in [2.24, 2.45) is 0 Å². The zero-order chi connectivity index (χ0) is 29.7. The van der Waals surface area contributed by atoms with Gasteiger partial charge in [-0.2, -0.15) is 13.2 Å². The summed E-state index contributed by atoms with van der Waals surface area (Å²) in [5.41, 5.74) is -0.335. The predicted molar refractivity (Wildman–Crippen MR) is 142 cm³/mol. The molecule has 0 spiro atoms. The van der Waals surface area contributed by atoms with E-state index in [-0.39, 0.29) is 24.7 Å². The van der Waals surface area contributed by atoms with Crippen LogP contribution >= 0.6 is 0 Å². The second-order valence-electron chi connectivity index (χ2n) is 10.3. The molecule has 40 heavy (non-hydrogen) atoms. The van der Waals surface area contributed by atoms with Crippen LogP contribution in [0.2, 0.25) is 0 Å². The van der Waals surface area contributed by atoms with Crippen LogP contribution in [-0.2, 0) is 17.3 Å². The normalized spacial score (nSPS) is 13.6. The van der Waals surface area contributed by atoms with Gasteiger partial charge in [-0.25, -0.2) is 9.18 Å². The van der Waals surface area contributed by atoms with E-state index in [1.807, 2.05) is 19.9 Å². The van der Waals surface area contributed by atoms with Gasteiger partial charge in [0.2, 0.25) is 0 Å². The van der Waals surface area contributed by atoms with Crippen LogP contribution in [-0.4, -0.2) is 41.0 Å². The van der Waals surface area contributed by atoms with Crippen molar-refractivity contribution in [3.63, 3.8) is 0 Å². The number of β-amino-alcohol motifs (C(OH)–C–C–N with tert-alkyl or cyclic N) is 1. The molecule has 0 aliphatic carbocycles. The zero-order valence-electron chi connectivity index (χ0n) is 22.7. The van der Waals surface area contributed by atoms with Crippen molar-refractivity contribution in [1.82, 2.24) is 5.32 Å². The van der Waals surface area contributed by atoms with Gasteiger partial charge in [0.15, 0.2) is 0 Å². The average Bonchev–Trinajstić information content (AvgIpc) is 2.88. The van der Waals surface area contributed by atoms with Crippen molar-refractivity contribution < 1.29 is 42.0 Å². The zero-order valence-corrected chi connectivity index (χ0v) is 22.7. The molecule has 0 saturated carbocycles. The summed E-state index contributed by atoms with van der Waals surface area (Å²) in [7, 11) is 0. The molecule has 0 bridgehead atoms. The third-order valence-electron chi connectivity index (χ3n) is 6.35. The third kappa shape index (κ3) is 8.51. The van der Waals surface area contributed by atoms with E-state index < -0.39 is 46.8 Å². The minimum absolute atomic E-state index is 0.0706. The Balaban J connectivity index is 1.63. The fourth-order valence-corrected chi connectivity index (χ4v) is 4.12. The second-order valence-corrected chi connectivity index (χ2v) is 10.3. The van der Waals surface area contributed by atoms with Gasteiger partial charge in [0, 0.05) is 17.6 Å². The smallest absolute Gasteiger partial charge is 0.420 e. The fourth-order valence-electron chi connectivity index (χ4n) is 4.12. The lowest BCUT2D eigenvalue weighted by atomic mass is 9.94.